The summed E-state index contributed by atoms with van der Waals surface area (Å²) in [6.45, 7) is 6.67. The van der Waals surface area contributed by atoms with E-state index in [1.54, 1.807) is 4.90 Å². The molecule has 1 fully saturated rings. The molecule has 1 unspecified atom stereocenters. The SMILES string of the molecule is CN(C(=O)C1CCN(CC(C)(C)N)C1)c1ccccc1. The van der Waals surface area contributed by atoms with Gasteiger partial charge in [0.15, 0.2) is 0 Å². The first kappa shape index (κ1) is 15.0. The predicted molar refractivity (Wildman–Crippen MR) is 82.7 cm³/mol. The first-order chi connectivity index (χ1) is 9.37. The van der Waals surface area contributed by atoms with Gasteiger partial charge < -0.3 is 15.5 Å². The molecule has 20 heavy (non-hydrogen) atoms. The molecule has 110 valence electrons. The van der Waals surface area contributed by atoms with Crippen LogP contribution in [0.3, 0.4) is 0 Å². The Balaban J connectivity index is 1.95. The predicted octanol–water partition coefficient (Wildman–Crippen LogP) is 1.71. The summed E-state index contributed by atoms with van der Waals surface area (Å²) in [6, 6.07) is 9.80. The van der Waals surface area contributed by atoms with E-state index in [1.165, 1.54) is 0 Å². The van der Waals surface area contributed by atoms with Crippen LogP contribution in [0.4, 0.5) is 5.69 Å². The minimum atomic E-state index is -0.205. The molecule has 0 aliphatic carbocycles. The van der Waals surface area contributed by atoms with Gasteiger partial charge in [0.2, 0.25) is 5.91 Å². The molecule has 0 bridgehead atoms. The third-order valence-electron chi connectivity index (χ3n) is 3.73. The van der Waals surface area contributed by atoms with Crippen molar-refractivity contribution < 1.29 is 4.79 Å². The van der Waals surface area contributed by atoms with Crippen LogP contribution in [0.5, 0.6) is 0 Å². The van der Waals surface area contributed by atoms with Crippen LogP contribution in [-0.4, -0.2) is 43.0 Å². The van der Waals surface area contributed by atoms with Gasteiger partial charge in [-0.3, -0.25) is 4.79 Å². The minimum Gasteiger partial charge on any atom is -0.324 e. The summed E-state index contributed by atoms with van der Waals surface area (Å²) in [4.78, 5) is 16.6. The van der Waals surface area contributed by atoms with E-state index >= 15 is 0 Å². The Morgan fingerprint density at radius 1 is 1.40 bits per heavy atom. The highest BCUT2D eigenvalue weighted by atomic mass is 16.2. The second kappa shape index (κ2) is 5.94. The van der Waals surface area contributed by atoms with Gasteiger partial charge in [0.1, 0.15) is 0 Å². The summed E-state index contributed by atoms with van der Waals surface area (Å²) in [5.41, 5.74) is 6.80. The lowest BCUT2D eigenvalue weighted by atomic mass is 10.1. The fraction of sp³-hybridized carbons (Fsp3) is 0.562. The molecule has 4 nitrogen and oxygen atoms in total. The third kappa shape index (κ3) is 3.81. The number of hydrogen-bond donors (Lipinski definition) is 1. The van der Waals surface area contributed by atoms with E-state index in [1.807, 2.05) is 51.2 Å². The van der Waals surface area contributed by atoms with E-state index in [0.29, 0.717) is 0 Å². The lowest BCUT2D eigenvalue weighted by Gasteiger charge is -2.26. The molecule has 1 amide bonds. The van der Waals surface area contributed by atoms with Gasteiger partial charge in [-0.2, -0.15) is 0 Å². The lowest BCUT2D eigenvalue weighted by Crippen LogP contribution is -2.45. The van der Waals surface area contributed by atoms with Gasteiger partial charge in [0.05, 0.1) is 5.92 Å². The number of carbonyl (C=O) groups excluding carboxylic acids is 1. The molecule has 1 heterocycles. The quantitative estimate of drug-likeness (QED) is 0.910. The van der Waals surface area contributed by atoms with Gasteiger partial charge in [-0.25, -0.2) is 0 Å². The molecule has 0 aromatic heterocycles. The molecule has 4 heteroatoms. The van der Waals surface area contributed by atoms with Crippen LogP contribution in [0.1, 0.15) is 20.3 Å². The Hall–Kier alpha value is -1.39. The Morgan fingerprint density at radius 3 is 2.65 bits per heavy atom. The van der Waals surface area contributed by atoms with Crippen molar-refractivity contribution in [2.24, 2.45) is 11.7 Å². The summed E-state index contributed by atoms with van der Waals surface area (Å²) in [5, 5.41) is 0. The van der Waals surface area contributed by atoms with Crippen molar-refractivity contribution in [3.8, 4) is 0 Å². The summed E-state index contributed by atoms with van der Waals surface area (Å²) >= 11 is 0. The van der Waals surface area contributed by atoms with E-state index < -0.39 is 0 Å². The third-order valence-corrected chi connectivity index (χ3v) is 3.73. The molecular formula is C16H25N3O. The van der Waals surface area contributed by atoms with E-state index in [-0.39, 0.29) is 17.4 Å². The highest BCUT2D eigenvalue weighted by Gasteiger charge is 2.32. The van der Waals surface area contributed by atoms with Gasteiger partial charge in [-0.05, 0) is 38.9 Å². The second-order valence-electron chi connectivity index (χ2n) is 6.44. The summed E-state index contributed by atoms with van der Waals surface area (Å²) in [7, 11) is 1.85. The maximum atomic E-state index is 12.5. The molecule has 1 saturated heterocycles. The van der Waals surface area contributed by atoms with Crippen molar-refractivity contribution in [1.82, 2.24) is 4.90 Å². The Bertz CT molecular complexity index is 453. The van der Waals surface area contributed by atoms with E-state index in [0.717, 1.165) is 31.7 Å². The standard InChI is InChI=1S/C16H25N3O/c1-16(2,17)12-19-10-9-13(11-19)15(20)18(3)14-7-5-4-6-8-14/h4-8,13H,9-12,17H2,1-3H3. The largest absolute Gasteiger partial charge is 0.324 e. The number of nitrogens with zero attached hydrogens (tertiary/aromatic N) is 2. The maximum absolute atomic E-state index is 12.5. The van der Waals surface area contributed by atoms with E-state index in [2.05, 4.69) is 4.90 Å². The molecule has 1 aliphatic rings. The van der Waals surface area contributed by atoms with Crippen molar-refractivity contribution in [2.75, 3.05) is 31.6 Å². The highest BCUT2D eigenvalue weighted by Crippen LogP contribution is 2.22. The van der Waals surface area contributed by atoms with Crippen LogP contribution in [0.15, 0.2) is 30.3 Å². The molecule has 1 aliphatic heterocycles. The van der Waals surface area contributed by atoms with Crippen LogP contribution in [-0.2, 0) is 4.79 Å². The summed E-state index contributed by atoms with van der Waals surface area (Å²) < 4.78 is 0. The molecule has 1 aromatic rings. The van der Waals surface area contributed by atoms with Gasteiger partial charge in [-0.15, -0.1) is 0 Å². The number of likely N-dealkylation sites (tertiary alicyclic amines) is 1. The van der Waals surface area contributed by atoms with Crippen molar-refractivity contribution in [3.63, 3.8) is 0 Å². The average molecular weight is 275 g/mol. The zero-order valence-corrected chi connectivity index (χ0v) is 12.7. The van der Waals surface area contributed by atoms with E-state index in [4.69, 9.17) is 5.73 Å². The number of nitrogens with two attached hydrogens (primary N) is 1. The molecule has 1 aromatic carbocycles. The fourth-order valence-corrected chi connectivity index (χ4v) is 2.81. The molecule has 1 atom stereocenters. The van der Waals surface area contributed by atoms with Gasteiger partial charge >= 0.3 is 0 Å². The summed E-state index contributed by atoms with van der Waals surface area (Å²) in [5.74, 6) is 0.288. The zero-order valence-electron chi connectivity index (χ0n) is 12.7. The van der Waals surface area contributed by atoms with Crippen molar-refractivity contribution >= 4 is 11.6 Å². The number of para-hydroxylation sites is 1. The Labute approximate surface area is 121 Å². The van der Waals surface area contributed by atoms with Gasteiger partial charge in [-0.1, -0.05) is 18.2 Å². The van der Waals surface area contributed by atoms with Crippen LogP contribution in [0.25, 0.3) is 0 Å². The smallest absolute Gasteiger partial charge is 0.231 e. The van der Waals surface area contributed by atoms with Gasteiger partial charge in [0, 0.05) is 31.4 Å². The van der Waals surface area contributed by atoms with Crippen LogP contribution < -0.4 is 10.6 Å². The van der Waals surface area contributed by atoms with Gasteiger partial charge in [0.25, 0.3) is 0 Å². The minimum absolute atomic E-state index is 0.0857. The highest BCUT2D eigenvalue weighted by molar-refractivity contribution is 5.94. The zero-order chi connectivity index (χ0) is 14.8. The number of amides is 1. The maximum Gasteiger partial charge on any atom is 0.231 e. The van der Waals surface area contributed by atoms with Crippen LogP contribution >= 0.6 is 0 Å². The molecule has 0 radical (unpaired) electrons. The second-order valence-corrected chi connectivity index (χ2v) is 6.44. The normalized spacial score (nSPS) is 20.1. The van der Waals surface area contributed by atoms with Crippen molar-refractivity contribution in [1.29, 1.82) is 0 Å². The first-order valence-corrected chi connectivity index (χ1v) is 7.21. The number of benzene rings is 1. The van der Waals surface area contributed by atoms with Crippen molar-refractivity contribution in [2.45, 2.75) is 25.8 Å². The number of hydrogen-bond acceptors (Lipinski definition) is 3. The average Bonchev–Trinajstić information content (AvgIpc) is 2.84. The molecule has 0 spiro atoms. The first-order valence-electron chi connectivity index (χ1n) is 7.21. The topological polar surface area (TPSA) is 49.6 Å². The van der Waals surface area contributed by atoms with Crippen LogP contribution in [0, 0.1) is 5.92 Å². The lowest BCUT2D eigenvalue weighted by molar-refractivity contribution is -0.121. The monoisotopic (exact) mass is 275 g/mol. The summed E-state index contributed by atoms with van der Waals surface area (Å²) in [6.07, 6.45) is 0.923. The van der Waals surface area contributed by atoms with Crippen molar-refractivity contribution in [3.05, 3.63) is 30.3 Å². The van der Waals surface area contributed by atoms with Crippen LogP contribution in [0.2, 0.25) is 0 Å². The Kier molecular flexibility index (Phi) is 4.45. The molecule has 0 saturated carbocycles. The number of carbonyl (C=O) groups is 1. The Morgan fingerprint density at radius 2 is 2.05 bits per heavy atom. The molecule has 2 N–H and O–H groups in total. The fourth-order valence-electron chi connectivity index (χ4n) is 2.81. The van der Waals surface area contributed by atoms with E-state index in [9.17, 15) is 4.79 Å². The number of rotatable bonds is 4. The molecular weight excluding hydrogens is 250 g/mol. The number of anilines is 1. The molecule has 2 rings (SSSR count).